The Labute approximate surface area is 63.2 Å². The largest absolute Gasteiger partial charge is 0.293 e. The van der Waals surface area contributed by atoms with Gasteiger partial charge in [0, 0.05) is 13.0 Å². The number of nitrogens with one attached hydrogen (secondary N) is 1. The van der Waals surface area contributed by atoms with Crippen molar-refractivity contribution in [3.05, 3.63) is 11.8 Å². The third-order valence-electron chi connectivity index (χ3n) is 1.14. The van der Waals surface area contributed by atoms with Crippen LogP contribution in [0.3, 0.4) is 0 Å². The Morgan fingerprint density at radius 2 is 2.50 bits per heavy atom. The summed E-state index contributed by atoms with van der Waals surface area (Å²) in [5.74, 6) is 0.0211. The van der Waals surface area contributed by atoms with Crippen LogP contribution in [0.1, 0.15) is 17.4 Å². The molecule has 0 radical (unpaired) electrons. The second kappa shape index (κ2) is 2.88. The molecule has 0 saturated heterocycles. The van der Waals surface area contributed by atoms with Gasteiger partial charge in [0.05, 0.1) is 0 Å². The van der Waals surface area contributed by atoms with Gasteiger partial charge in [0.1, 0.15) is 10.7 Å². The summed E-state index contributed by atoms with van der Waals surface area (Å²) in [7, 11) is 0. The minimum Gasteiger partial charge on any atom is -0.293 e. The van der Waals surface area contributed by atoms with Crippen LogP contribution >= 0.6 is 11.8 Å². The summed E-state index contributed by atoms with van der Waals surface area (Å²) in [5.41, 5.74) is 0.573. The summed E-state index contributed by atoms with van der Waals surface area (Å²) in [6.45, 7) is 1.51. The molecule has 54 valence electrons. The van der Waals surface area contributed by atoms with E-state index in [1.54, 1.807) is 6.07 Å². The number of thioether (sulfide) groups is 1. The Hall–Kier alpha value is -0.770. The molecular weight excluding hydrogens is 148 g/mol. The Morgan fingerprint density at radius 3 is 2.80 bits per heavy atom. The Bertz CT molecular complexity index is 244. The van der Waals surface area contributed by atoms with E-state index in [2.05, 4.69) is 10.2 Å². The predicted molar refractivity (Wildman–Crippen MR) is 40.4 cm³/mol. The molecule has 4 heteroatoms. The van der Waals surface area contributed by atoms with E-state index in [4.69, 9.17) is 0 Å². The third-order valence-corrected chi connectivity index (χ3v) is 1.77. The van der Waals surface area contributed by atoms with Gasteiger partial charge in [-0.1, -0.05) is 0 Å². The molecule has 1 N–H and O–H groups in total. The van der Waals surface area contributed by atoms with E-state index < -0.39 is 0 Å². The maximum absolute atomic E-state index is 10.7. The van der Waals surface area contributed by atoms with Crippen LogP contribution in [0, 0.1) is 0 Å². The van der Waals surface area contributed by atoms with Crippen molar-refractivity contribution in [3.8, 4) is 0 Å². The first-order valence-corrected chi connectivity index (χ1v) is 4.07. The fourth-order valence-corrected chi connectivity index (χ4v) is 0.961. The molecule has 0 aliphatic carbocycles. The van der Waals surface area contributed by atoms with Gasteiger partial charge in [0.2, 0.25) is 0 Å². The number of rotatable bonds is 2. The Balaban J connectivity index is 2.88. The van der Waals surface area contributed by atoms with Gasteiger partial charge in [-0.2, -0.15) is 5.10 Å². The van der Waals surface area contributed by atoms with Gasteiger partial charge in [-0.25, -0.2) is 0 Å². The first kappa shape index (κ1) is 7.34. The summed E-state index contributed by atoms with van der Waals surface area (Å²) in [6, 6.07) is 1.74. The molecule has 0 amide bonds. The molecule has 1 aromatic heterocycles. The lowest BCUT2D eigenvalue weighted by molar-refractivity contribution is 0.101. The highest BCUT2D eigenvalue weighted by atomic mass is 32.2. The van der Waals surface area contributed by atoms with E-state index in [1.165, 1.54) is 18.7 Å². The number of aromatic amines is 1. The highest BCUT2D eigenvalue weighted by Crippen LogP contribution is 2.11. The maximum Gasteiger partial charge on any atom is 0.177 e. The van der Waals surface area contributed by atoms with E-state index in [-0.39, 0.29) is 5.78 Å². The Morgan fingerprint density at radius 1 is 1.80 bits per heavy atom. The zero-order valence-corrected chi connectivity index (χ0v) is 6.66. The van der Waals surface area contributed by atoms with Gasteiger partial charge in [0.25, 0.3) is 0 Å². The average Bonchev–Trinajstić information content (AvgIpc) is 2.34. The molecule has 1 aromatic rings. The van der Waals surface area contributed by atoms with Crippen molar-refractivity contribution < 1.29 is 4.79 Å². The molecule has 0 unspecified atom stereocenters. The summed E-state index contributed by atoms with van der Waals surface area (Å²) in [5, 5.41) is 7.36. The van der Waals surface area contributed by atoms with Crippen LogP contribution < -0.4 is 0 Å². The van der Waals surface area contributed by atoms with Crippen molar-refractivity contribution in [1.82, 2.24) is 10.2 Å². The van der Waals surface area contributed by atoms with Crippen molar-refractivity contribution in [3.63, 3.8) is 0 Å². The van der Waals surface area contributed by atoms with Gasteiger partial charge < -0.3 is 0 Å². The summed E-state index contributed by atoms with van der Waals surface area (Å²) in [4.78, 5) is 10.7. The van der Waals surface area contributed by atoms with Crippen LogP contribution in [0.5, 0.6) is 0 Å². The van der Waals surface area contributed by atoms with Gasteiger partial charge in [-0.05, 0) is 6.26 Å². The van der Waals surface area contributed by atoms with E-state index in [9.17, 15) is 4.79 Å². The maximum atomic E-state index is 10.7. The number of hydrogen-bond acceptors (Lipinski definition) is 3. The van der Waals surface area contributed by atoms with E-state index in [1.807, 2.05) is 6.26 Å². The molecule has 0 spiro atoms. The normalized spacial score (nSPS) is 9.80. The second-order valence-corrected chi connectivity index (χ2v) is 2.71. The highest BCUT2D eigenvalue weighted by Gasteiger charge is 2.02. The number of carbonyl (C=O) groups excluding carboxylic acids is 1. The lowest BCUT2D eigenvalue weighted by Crippen LogP contribution is -1.90. The molecule has 0 saturated carbocycles. The number of carbonyl (C=O) groups is 1. The average molecular weight is 156 g/mol. The van der Waals surface area contributed by atoms with Gasteiger partial charge >= 0.3 is 0 Å². The van der Waals surface area contributed by atoms with Crippen molar-refractivity contribution in [2.24, 2.45) is 0 Å². The molecule has 0 fully saturated rings. The zero-order chi connectivity index (χ0) is 7.56. The highest BCUT2D eigenvalue weighted by molar-refractivity contribution is 7.98. The monoisotopic (exact) mass is 156 g/mol. The first-order valence-electron chi connectivity index (χ1n) is 2.84. The van der Waals surface area contributed by atoms with Crippen molar-refractivity contribution in [2.75, 3.05) is 6.26 Å². The number of ketones is 1. The van der Waals surface area contributed by atoms with E-state index in [0.29, 0.717) is 5.69 Å². The topological polar surface area (TPSA) is 45.8 Å². The summed E-state index contributed by atoms with van der Waals surface area (Å²) in [6.07, 6.45) is 1.92. The van der Waals surface area contributed by atoms with Crippen molar-refractivity contribution in [1.29, 1.82) is 0 Å². The molecule has 1 rings (SSSR count). The molecule has 0 atom stereocenters. The number of H-pyrrole nitrogens is 1. The number of Topliss-reactive ketones (excluding diaryl/α,β-unsaturated/α-hetero) is 1. The molecule has 0 aromatic carbocycles. The van der Waals surface area contributed by atoms with Crippen LogP contribution in [-0.4, -0.2) is 22.2 Å². The van der Waals surface area contributed by atoms with Crippen LogP contribution in [0.2, 0.25) is 0 Å². The van der Waals surface area contributed by atoms with Gasteiger partial charge in [-0.3, -0.25) is 9.89 Å². The van der Waals surface area contributed by atoms with Crippen LogP contribution in [0.25, 0.3) is 0 Å². The minimum atomic E-state index is 0.0211. The minimum absolute atomic E-state index is 0.0211. The van der Waals surface area contributed by atoms with Crippen molar-refractivity contribution >= 4 is 17.5 Å². The zero-order valence-electron chi connectivity index (χ0n) is 5.84. The fourth-order valence-electron chi connectivity index (χ4n) is 0.588. The molecule has 0 bridgehead atoms. The van der Waals surface area contributed by atoms with Crippen LogP contribution in [0.15, 0.2) is 11.1 Å². The van der Waals surface area contributed by atoms with E-state index in [0.717, 1.165) is 5.03 Å². The summed E-state index contributed by atoms with van der Waals surface area (Å²) >= 11 is 1.51. The molecule has 1 heterocycles. The molecular formula is C6H8N2OS. The lowest BCUT2D eigenvalue weighted by atomic mass is 10.3. The first-order chi connectivity index (χ1) is 4.74. The van der Waals surface area contributed by atoms with Gasteiger partial charge in [0.15, 0.2) is 5.78 Å². The Kier molecular flexibility index (Phi) is 2.11. The fraction of sp³-hybridized carbons (Fsp3) is 0.333. The standard InChI is InChI=1S/C6H8N2OS/c1-4(9)5-3-6(10-2)8-7-5/h3H,1-2H3,(H,7,8). The number of hydrogen-bond donors (Lipinski definition) is 1. The smallest absolute Gasteiger partial charge is 0.177 e. The molecule has 0 aliphatic rings. The predicted octanol–water partition coefficient (Wildman–Crippen LogP) is 1.33. The van der Waals surface area contributed by atoms with Crippen LogP contribution in [0.4, 0.5) is 0 Å². The second-order valence-electron chi connectivity index (χ2n) is 1.88. The number of nitrogens with zero attached hydrogens (tertiary/aromatic N) is 1. The third kappa shape index (κ3) is 1.39. The lowest BCUT2D eigenvalue weighted by Gasteiger charge is -1.81. The molecule has 10 heavy (non-hydrogen) atoms. The van der Waals surface area contributed by atoms with Crippen molar-refractivity contribution in [2.45, 2.75) is 11.9 Å². The number of aromatic nitrogens is 2. The van der Waals surface area contributed by atoms with E-state index >= 15 is 0 Å². The molecule has 3 nitrogen and oxygen atoms in total. The van der Waals surface area contributed by atoms with Gasteiger partial charge in [-0.15, -0.1) is 11.8 Å². The van der Waals surface area contributed by atoms with Crippen LogP contribution in [-0.2, 0) is 0 Å². The molecule has 0 aliphatic heterocycles. The summed E-state index contributed by atoms with van der Waals surface area (Å²) < 4.78 is 0. The quantitative estimate of drug-likeness (QED) is 0.519. The SMILES string of the molecule is CSc1cc(C(C)=O)[nH]n1.